The Hall–Kier alpha value is -1.81. The van der Waals surface area contributed by atoms with Gasteiger partial charge in [0.05, 0.1) is 11.7 Å². The van der Waals surface area contributed by atoms with E-state index in [1.165, 1.54) is 44.6 Å². The molecule has 4 aliphatic carbocycles. The van der Waals surface area contributed by atoms with Gasteiger partial charge in [-0.15, -0.1) is 0 Å². The van der Waals surface area contributed by atoms with Gasteiger partial charge in [0.2, 0.25) is 0 Å². The number of aliphatic hydroxyl groups excluding tert-OH is 1. The number of benzene rings is 1. The standard InChI is InChI=1S/C24H32O4/c1-14(3-4-24-10-16-6-17(11-24)8-18(7-16)12-24)21(26)9-19-22(27)5-15(2)20(13-25)23(19)28/h5,13,16-18,21,26-28H,1,3-4,6-12H2,2H3. The average molecular weight is 385 g/mol. The van der Waals surface area contributed by atoms with Crippen molar-refractivity contribution in [1.29, 1.82) is 0 Å². The van der Waals surface area contributed by atoms with Crippen LogP contribution in [0.25, 0.3) is 0 Å². The summed E-state index contributed by atoms with van der Waals surface area (Å²) in [6.07, 6.45) is 9.96. The van der Waals surface area contributed by atoms with Crippen molar-refractivity contribution >= 4 is 6.29 Å². The Labute approximate surface area is 167 Å². The normalized spacial score (nSPS) is 31.7. The van der Waals surface area contributed by atoms with Crippen LogP contribution < -0.4 is 0 Å². The molecular formula is C24H32O4. The Kier molecular flexibility index (Phi) is 5.03. The highest BCUT2D eigenvalue weighted by Gasteiger charge is 2.50. The number of rotatable bonds is 7. The minimum Gasteiger partial charge on any atom is -0.508 e. The first-order valence-corrected chi connectivity index (χ1v) is 10.7. The van der Waals surface area contributed by atoms with Gasteiger partial charge in [-0.05, 0) is 98.7 Å². The van der Waals surface area contributed by atoms with Gasteiger partial charge in [0.15, 0.2) is 6.29 Å². The maximum atomic E-state index is 11.2. The van der Waals surface area contributed by atoms with Crippen molar-refractivity contribution in [2.24, 2.45) is 23.2 Å². The maximum Gasteiger partial charge on any atom is 0.154 e. The molecule has 28 heavy (non-hydrogen) atoms. The summed E-state index contributed by atoms with van der Waals surface area (Å²) >= 11 is 0. The summed E-state index contributed by atoms with van der Waals surface area (Å²) < 4.78 is 0. The molecule has 152 valence electrons. The fourth-order valence-corrected chi connectivity index (χ4v) is 6.72. The zero-order chi connectivity index (χ0) is 20.1. The van der Waals surface area contributed by atoms with Gasteiger partial charge in [-0.1, -0.05) is 6.58 Å². The quantitative estimate of drug-likeness (QED) is 0.471. The molecule has 0 heterocycles. The van der Waals surface area contributed by atoms with Crippen molar-refractivity contribution in [1.82, 2.24) is 0 Å². The third-order valence-electron chi connectivity index (χ3n) is 7.76. The van der Waals surface area contributed by atoms with Gasteiger partial charge in [0.25, 0.3) is 0 Å². The summed E-state index contributed by atoms with van der Waals surface area (Å²) in [7, 11) is 0. The number of hydrogen-bond donors (Lipinski definition) is 3. The molecule has 0 aliphatic heterocycles. The second-order valence-electron chi connectivity index (χ2n) is 9.87. The minimum atomic E-state index is -0.840. The zero-order valence-corrected chi connectivity index (χ0v) is 16.8. The maximum absolute atomic E-state index is 11.2. The van der Waals surface area contributed by atoms with E-state index in [0.717, 1.165) is 36.2 Å². The van der Waals surface area contributed by atoms with Crippen LogP contribution in [0.4, 0.5) is 0 Å². The highest BCUT2D eigenvalue weighted by atomic mass is 16.3. The van der Waals surface area contributed by atoms with Crippen LogP contribution in [0.5, 0.6) is 11.5 Å². The van der Waals surface area contributed by atoms with E-state index < -0.39 is 6.10 Å². The molecule has 3 N–H and O–H groups in total. The molecule has 0 saturated heterocycles. The SMILES string of the molecule is C=C(CCC12CC3CC(CC(C3)C1)C2)C(O)Cc1c(O)cc(C)c(C=O)c1O. The second-order valence-corrected chi connectivity index (χ2v) is 9.87. The average Bonchev–Trinajstić information content (AvgIpc) is 2.62. The smallest absolute Gasteiger partial charge is 0.154 e. The molecule has 0 spiro atoms. The summed E-state index contributed by atoms with van der Waals surface area (Å²) in [5.74, 6) is 2.40. The summed E-state index contributed by atoms with van der Waals surface area (Å²) in [4.78, 5) is 11.2. The van der Waals surface area contributed by atoms with Crippen molar-refractivity contribution in [2.45, 2.75) is 70.8 Å². The van der Waals surface area contributed by atoms with Gasteiger partial charge < -0.3 is 15.3 Å². The van der Waals surface area contributed by atoms with Crippen molar-refractivity contribution in [3.63, 3.8) is 0 Å². The second kappa shape index (κ2) is 7.22. The summed E-state index contributed by atoms with van der Waals surface area (Å²) in [5.41, 5.74) is 2.10. The number of aryl methyl sites for hydroxylation is 1. The molecule has 4 saturated carbocycles. The van der Waals surface area contributed by atoms with Gasteiger partial charge >= 0.3 is 0 Å². The molecule has 4 bridgehead atoms. The molecule has 5 rings (SSSR count). The molecule has 0 aromatic heterocycles. The molecule has 4 fully saturated rings. The molecule has 1 atom stereocenters. The lowest BCUT2D eigenvalue weighted by Crippen LogP contribution is -2.46. The molecule has 4 aliphatic rings. The van der Waals surface area contributed by atoms with E-state index in [2.05, 4.69) is 6.58 Å². The number of aromatic hydroxyl groups is 2. The number of phenolic OH excluding ortho intramolecular Hbond substituents is 2. The van der Waals surface area contributed by atoms with Crippen LogP contribution in [-0.2, 0) is 6.42 Å². The highest BCUT2D eigenvalue weighted by Crippen LogP contribution is 2.61. The van der Waals surface area contributed by atoms with Gasteiger partial charge in [-0.25, -0.2) is 0 Å². The molecule has 1 unspecified atom stereocenters. The lowest BCUT2D eigenvalue weighted by atomic mass is 9.48. The molecule has 1 aromatic carbocycles. The summed E-state index contributed by atoms with van der Waals surface area (Å²) in [6, 6.07) is 1.46. The topological polar surface area (TPSA) is 77.8 Å². The highest BCUT2D eigenvalue weighted by molar-refractivity contribution is 5.83. The van der Waals surface area contributed by atoms with Crippen LogP contribution in [-0.4, -0.2) is 27.7 Å². The Bertz CT molecular complexity index is 759. The zero-order valence-electron chi connectivity index (χ0n) is 16.8. The van der Waals surface area contributed by atoms with Crippen molar-refractivity contribution in [2.75, 3.05) is 0 Å². The number of carbonyl (C=O) groups excluding carboxylic acids is 1. The molecule has 0 radical (unpaired) electrons. The van der Waals surface area contributed by atoms with E-state index in [1.807, 2.05) is 0 Å². The molecule has 4 nitrogen and oxygen atoms in total. The number of aldehydes is 1. The van der Waals surface area contributed by atoms with Crippen molar-refractivity contribution in [3.05, 3.63) is 34.9 Å². The van der Waals surface area contributed by atoms with E-state index in [0.29, 0.717) is 17.3 Å². The third-order valence-corrected chi connectivity index (χ3v) is 7.76. The van der Waals surface area contributed by atoms with E-state index >= 15 is 0 Å². The first-order chi connectivity index (χ1) is 13.3. The monoisotopic (exact) mass is 384 g/mol. The van der Waals surface area contributed by atoms with Gasteiger partial charge in [0.1, 0.15) is 11.5 Å². The van der Waals surface area contributed by atoms with Crippen LogP contribution in [0, 0.1) is 30.1 Å². The minimum absolute atomic E-state index is 0.0680. The Morgan fingerprint density at radius 2 is 1.79 bits per heavy atom. The molecular weight excluding hydrogens is 352 g/mol. The molecule has 1 aromatic rings. The number of phenols is 2. The van der Waals surface area contributed by atoms with Crippen LogP contribution in [0.2, 0.25) is 0 Å². The first kappa shape index (κ1) is 19.5. The lowest BCUT2D eigenvalue weighted by molar-refractivity contribution is -0.0574. The Balaban J connectivity index is 1.40. The van der Waals surface area contributed by atoms with Crippen LogP contribution in [0.1, 0.15) is 72.9 Å². The van der Waals surface area contributed by atoms with E-state index in [9.17, 15) is 20.1 Å². The first-order valence-electron chi connectivity index (χ1n) is 10.7. The van der Waals surface area contributed by atoms with Crippen LogP contribution in [0.15, 0.2) is 18.2 Å². The van der Waals surface area contributed by atoms with Crippen LogP contribution >= 0.6 is 0 Å². The lowest BCUT2D eigenvalue weighted by Gasteiger charge is -2.57. The van der Waals surface area contributed by atoms with Crippen LogP contribution in [0.3, 0.4) is 0 Å². The fraction of sp³-hybridized carbons (Fsp3) is 0.625. The third kappa shape index (κ3) is 3.47. The Morgan fingerprint density at radius 1 is 1.21 bits per heavy atom. The summed E-state index contributed by atoms with van der Waals surface area (Å²) in [5, 5.41) is 31.2. The Morgan fingerprint density at radius 3 is 2.32 bits per heavy atom. The fourth-order valence-electron chi connectivity index (χ4n) is 6.72. The van der Waals surface area contributed by atoms with E-state index in [1.54, 1.807) is 6.92 Å². The largest absolute Gasteiger partial charge is 0.508 e. The summed E-state index contributed by atoms with van der Waals surface area (Å²) in [6.45, 7) is 5.77. The number of hydrogen-bond acceptors (Lipinski definition) is 4. The van der Waals surface area contributed by atoms with Gasteiger partial charge in [-0.3, -0.25) is 4.79 Å². The van der Waals surface area contributed by atoms with Crippen molar-refractivity contribution < 1.29 is 20.1 Å². The number of carbonyl (C=O) groups is 1. The predicted octanol–water partition coefficient (Wildman–Crippen LogP) is 4.67. The predicted molar refractivity (Wildman–Crippen MR) is 109 cm³/mol. The van der Waals surface area contributed by atoms with E-state index in [-0.39, 0.29) is 29.0 Å². The molecule has 4 heteroatoms. The molecule has 0 amide bonds. The van der Waals surface area contributed by atoms with E-state index in [4.69, 9.17) is 0 Å². The van der Waals surface area contributed by atoms with Gasteiger partial charge in [0, 0.05) is 12.0 Å². The van der Waals surface area contributed by atoms with Crippen molar-refractivity contribution in [3.8, 4) is 11.5 Å². The van der Waals surface area contributed by atoms with Gasteiger partial charge in [-0.2, -0.15) is 0 Å². The number of aliphatic hydroxyl groups is 1.